The van der Waals surface area contributed by atoms with Crippen molar-refractivity contribution < 1.29 is 0 Å². The summed E-state index contributed by atoms with van der Waals surface area (Å²) >= 11 is 0. The standard InChI is InChI=1S/C12H26N2/c1-9(2)10(3,4)14-12(7,8)11(5,6)13-9/h13-14H,1-8H3. The van der Waals surface area contributed by atoms with E-state index in [0.717, 1.165) is 0 Å². The van der Waals surface area contributed by atoms with Crippen LogP contribution in [0.15, 0.2) is 0 Å². The molecule has 0 amide bonds. The minimum absolute atomic E-state index is 0.103. The van der Waals surface area contributed by atoms with Crippen molar-refractivity contribution >= 4 is 0 Å². The van der Waals surface area contributed by atoms with Gasteiger partial charge in [0.25, 0.3) is 0 Å². The van der Waals surface area contributed by atoms with Crippen LogP contribution in [0.1, 0.15) is 55.4 Å². The molecule has 0 aromatic carbocycles. The quantitative estimate of drug-likeness (QED) is 0.624. The maximum Gasteiger partial charge on any atom is 0.0307 e. The summed E-state index contributed by atoms with van der Waals surface area (Å²) in [4.78, 5) is 0. The summed E-state index contributed by atoms with van der Waals surface area (Å²) in [5, 5.41) is 7.50. The second kappa shape index (κ2) is 2.73. The van der Waals surface area contributed by atoms with Crippen LogP contribution in [0.5, 0.6) is 0 Å². The van der Waals surface area contributed by atoms with Gasteiger partial charge in [-0.1, -0.05) is 0 Å². The van der Waals surface area contributed by atoms with Gasteiger partial charge in [-0.15, -0.1) is 0 Å². The normalized spacial score (nSPS) is 32.6. The molecule has 1 heterocycles. The molecule has 0 aromatic rings. The maximum atomic E-state index is 3.75. The third-order valence-electron chi connectivity index (χ3n) is 4.38. The van der Waals surface area contributed by atoms with Crippen molar-refractivity contribution in [3.8, 4) is 0 Å². The van der Waals surface area contributed by atoms with Gasteiger partial charge in [-0.25, -0.2) is 0 Å². The molecule has 0 radical (unpaired) electrons. The highest BCUT2D eigenvalue weighted by Crippen LogP contribution is 2.36. The molecule has 0 bridgehead atoms. The largest absolute Gasteiger partial charge is 0.303 e. The molecular weight excluding hydrogens is 172 g/mol. The zero-order valence-corrected chi connectivity index (χ0v) is 11.0. The highest BCUT2D eigenvalue weighted by Gasteiger charge is 2.53. The molecule has 1 aliphatic heterocycles. The lowest BCUT2D eigenvalue weighted by Crippen LogP contribution is -2.82. The van der Waals surface area contributed by atoms with E-state index in [1.54, 1.807) is 0 Å². The molecule has 2 N–H and O–H groups in total. The first-order valence-corrected chi connectivity index (χ1v) is 5.50. The molecule has 2 heteroatoms. The fraction of sp³-hybridized carbons (Fsp3) is 1.00. The minimum Gasteiger partial charge on any atom is -0.303 e. The molecule has 84 valence electrons. The molecule has 0 aromatic heterocycles. The lowest BCUT2D eigenvalue weighted by Gasteiger charge is -2.61. The summed E-state index contributed by atoms with van der Waals surface area (Å²) in [5.74, 6) is 0. The summed E-state index contributed by atoms with van der Waals surface area (Å²) < 4.78 is 0. The molecule has 1 saturated heterocycles. The molecule has 0 spiro atoms. The lowest BCUT2D eigenvalue weighted by atomic mass is 9.69. The Kier molecular flexibility index (Phi) is 2.34. The van der Waals surface area contributed by atoms with E-state index >= 15 is 0 Å². The van der Waals surface area contributed by atoms with Gasteiger partial charge in [-0.3, -0.25) is 0 Å². The summed E-state index contributed by atoms with van der Waals surface area (Å²) in [6.45, 7) is 18.1. The van der Waals surface area contributed by atoms with Gasteiger partial charge in [0.1, 0.15) is 0 Å². The molecule has 2 nitrogen and oxygen atoms in total. The van der Waals surface area contributed by atoms with Crippen LogP contribution in [-0.4, -0.2) is 22.2 Å². The van der Waals surface area contributed by atoms with E-state index < -0.39 is 0 Å². The topological polar surface area (TPSA) is 24.1 Å². The molecule has 0 aliphatic carbocycles. The molecule has 14 heavy (non-hydrogen) atoms. The first-order valence-electron chi connectivity index (χ1n) is 5.50. The molecule has 0 unspecified atom stereocenters. The van der Waals surface area contributed by atoms with E-state index in [2.05, 4.69) is 66.0 Å². The molecule has 0 saturated carbocycles. The number of hydrogen-bond donors (Lipinski definition) is 2. The molecule has 0 atom stereocenters. The average Bonchev–Trinajstić information content (AvgIpc) is 1.78. The Hall–Kier alpha value is -0.0800. The smallest absolute Gasteiger partial charge is 0.0307 e. The van der Waals surface area contributed by atoms with Gasteiger partial charge in [0, 0.05) is 22.2 Å². The number of rotatable bonds is 0. The van der Waals surface area contributed by atoms with Crippen LogP contribution in [0.2, 0.25) is 0 Å². The van der Waals surface area contributed by atoms with Gasteiger partial charge in [0.15, 0.2) is 0 Å². The summed E-state index contributed by atoms with van der Waals surface area (Å²) in [7, 11) is 0. The third-order valence-corrected chi connectivity index (χ3v) is 4.38. The Bertz CT molecular complexity index is 187. The first kappa shape index (κ1) is 12.0. The second-order valence-electron chi connectivity index (χ2n) is 6.75. The average molecular weight is 198 g/mol. The van der Waals surface area contributed by atoms with Gasteiger partial charge in [-0.2, -0.15) is 0 Å². The Morgan fingerprint density at radius 2 is 0.571 bits per heavy atom. The zero-order chi connectivity index (χ0) is 11.4. The molecule has 1 fully saturated rings. The number of nitrogens with one attached hydrogen (secondary N) is 2. The second-order valence-corrected chi connectivity index (χ2v) is 6.75. The number of hydrogen-bond acceptors (Lipinski definition) is 2. The third kappa shape index (κ3) is 1.59. The van der Waals surface area contributed by atoms with Gasteiger partial charge in [0.2, 0.25) is 0 Å². The van der Waals surface area contributed by atoms with Crippen LogP contribution < -0.4 is 10.6 Å². The Morgan fingerprint density at radius 3 is 0.714 bits per heavy atom. The van der Waals surface area contributed by atoms with E-state index in [9.17, 15) is 0 Å². The Labute approximate surface area is 88.8 Å². The van der Waals surface area contributed by atoms with Crippen LogP contribution >= 0.6 is 0 Å². The molecule has 1 rings (SSSR count). The number of piperazine rings is 1. The monoisotopic (exact) mass is 198 g/mol. The van der Waals surface area contributed by atoms with Crippen molar-refractivity contribution in [3.05, 3.63) is 0 Å². The molecule has 1 aliphatic rings. The van der Waals surface area contributed by atoms with E-state index in [1.165, 1.54) is 0 Å². The fourth-order valence-electron chi connectivity index (χ4n) is 2.19. The lowest BCUT2D eigenvalue weighted by molar-refractivity contribution is 0.00818. The van der Waals surface area contributed by atoms with Crippen LogP contribution in [0, 0.1) is 0 Å². The van der Waals surface area contributed by atoms with Gasteiger partial charge >= 0.3 is 0 Å². The van der Waals surface area contributed by atoms with Crippen molar-refractivity contribution in [3.63, 3.8) is 0 Å². The molecular formula is C12H26N2. The maximum absolute atomic E-state index is 3.75. The highest BCUT2D eigenvalue weighted by atomic mass is 15.3. The van der Waals surface area contributed by atoms with Crippen LogP contribution in [0.3, 0.4) is 0 Å². The van der Waals surface area contributed by atoms with E-state index in [4.69, 9.17) is 0 Å². The van der Waals surface area contributed by atoms with E-state index in [0.29, 0.717) is 0 Å². The van der Waals surface area contributed by atoms with E-state index in [-0.39, 0.29) is 22.2 Å². The highest BCUT2D eigenvalue weighted by molar-refractivity contribution is 5.16. The van der Waals surface area contributed by atoms with Crippen molar-refractivity contribution in [2.45, 2.75) is 77.5 Å². The van der Waals surface area contributed by atoms with E-state index in [1.807, 2.05) is 0 Å². The predicted octanol–water partition coefficient (Wildman–Crippen LogP) is 2.29. The van der Waals surface area contributed by atoms with Gasteiger partial charge < -0.3 is 10.6 Å². The predicted molar refractivity (Wildman–Crippen MR) is 62.6 cm³/mol. The van der Waals surface area contributed by atoms with Crippen molar-refractivity contribution in [1.29, 1.82) is 0 Å². The minimum atomic E-state index is 0.103. The summed E-state index contributed by atoms with van der Waals surface area (Å²) in [6, 6.07) is 0. The van der Waals surface area contributed by atoms with Crippen LogP contribution in [0.4, 0.5) is 0 Å². The van der Waals surface area contributed by atoms with Crippen LogP contribution in [0.25, 0.3) is 0 Å². The Morgan fingerprint density at radius 1 is 0.429 bits per heavy atom. The summed E-state index contributed by atoms with van der Waals surface area (Å²) in [6.07, 6.45) is 0. The summed E-state index contributed by atoms with van der Waals surface area (Å²) in [5.41, 5.74) is 0.413. The van der Waals surface area contributed by atoms with Crippen molar-refractivity contribution in [2.24, 2.45) is 0 Å². The first-order chi connectivity index (χ1) is 5.91. The van der Waals surface area contributed by atoms with Gasteiger partial charge in [-0.05, 0) is 55.4 Å². The van der Waals surface area contributed by atoms with Crippen molar-refractivity contribution in [2.75, 3.05) is 0 Å². The van der Waals surface area contributed by atoms with Crippen LogP contribution in [-0.2, 0) is 0 Å². The zero-order valence-electron chi connectivity index (χ0n) is 11.0. The SMILES string of the molecule is CC1(C)NC(C)(C)C(C)(C)NC1(C)C. The van der Waals surface area contributed by atoms with Gasteiger partial charge in [0.05, 0.1) is 0 Å². The Balaban J connectivity index is 3.07. The van der Waals surface area contributed by atoms with Crippen molar-refractivity contribution in [1.82, 2.24) is 10.6 Å². The fourth-order valence-corrected chi connectivity index (χ4v) is 2.19.